The van der Waals surface area contributed by atoms with Gasteiger partial charge in [-0.05, 0) is 12.8 Å². The zero-order valence-corrected chi connectivity index (χ0v) is 10.2. The van der Waals surface area contributed by atoms with E-state index in [2.05, 4.69) is 15.5 Å². The van der Waals surface area contributed by atoms with E-state index in [0.29, 0.717) is 31.8 Å². The summed E-state index contributed by atoms with van der Waals surface area (Å²) in [5.74, 6) is 0.742. The van der Waals surface area contributed by atoms with Crippen molar-refractivity contribution in [1.82, 2.24) is 10.2 Å². The molecular weight excluding hydrogens is 244 g/mol. The van der Waals surface area contributed by atoms with E-state index in [1.165, 1.54) is 0 Å². The van der Waals surface area contributed by atoms with E-state index in [1.54, 1.807) is 0 Å². The molecule has 0 bridgehead atoms. The number of anilines is 1. The predicted octanol–water partition coefficient (Wildman–Crippen LogP) is -0.440. The van der Waals surface area contributed by atoms with E-state index in [1.807, 2.05) is 0 Å². The third kappa shape index (κ3) is 2.95. The molecule has 1 fully saturated rings. The monoisotopic (exact) mass is 260 g/mol. The molecule has 2 heterocycles. The summed E-state index contributed by atoms with van der Waals surface area (Å²) in [6, 6.07) is 0.260. The van der Waals surface area contributed by atoms with Crippen LogP contribution in [-0.2, 0) is 16.3 Å². The molecule has 0 aromatic carbocycles. The maximum Gasteiger partial charge on any atom is 0.315 e. The van der Waals surface area contributed by atoms with Crippen LogP contribution in [0.1, 0.15) is 18.7 Å². The molecule has 1 atom stereocenters. The molecule has 1 aromatic heterocycles. The fourth-order valence-electron chi connectivity index (χ4n) is 1.84. The van der Waals surface area contributed by atoms with Gasteiger partial charge in [0.05, 0.1) is 11.0 Å². The predicted molar refractivity (Wildman–Crippen MR) is 62.4 cm³/mol. The molecule has 1 aliphatic heterocycles. The Morgan fingerprint density at radius 1 is 1.47 bits per heavy atom. The zero-order chi connectivity index (χ0) is 12.3. The minimum Gasteiger partial charge on any atom is -0.408 e. The van der Waals surface area contributed by atoms with Crippen LogP contribution in [0.4, 0.5) is 6.01 Å². The van der Waals surface area contributed by atoms with Crippen LogP contribution in [-0.4, -0.2) is 42.7 Å². The molecule has 2 rings (SSSR count). The van der Waals surface area contributed by atoms with Gasteiger partial charge in [-0.3, -0.25) is 0 Å². The second-order valence-electron chi connectivity index (χ2n) is 4.05. The molecule has 0 radical (unpaired) electrons. The largest absolute Gasteiger partial charge is 0.408 e. The van der Waals surface area contributed by atoms with Gasteiger partial charge < -0.3 is 15.5 Å². The van der Waals surface area contributed by atoms with E-state index in [-0.39, 0.29) is 17.0 Å². The maximum atomic E-state index is 11.6. The van der Waals surface area contributed by atoms with Crippen LogP contribution in [0, 0.1) is 0 Å². The van der Waals surface area contributed by atoms with Gasteiger partial charge in [-0.2, -0.15) is 0 Å². The molecule has 1 aromatic rings. The fourth-order valence-corrected chi connectivity index (χ4v) is 3.60. The maximum absolute atomic E-state index is 11.6. The molecule has 0 spiro atoms. The van der Waals surface area contributed by atoms with Gasteiger partial charge in [-0.15, -0.1) is 5.10 Å². The molecule has 1 saturated heterocycles. The molecular formula is C9H16N4O3S. The smallest absolute Gasteiger partial charge is 0.315 e. The summed E-state index contributed by atoms with van der Waals surface area (Å²) in [6.07, 6.45) is 1.95. The highest BCUT2D eigenvalue weighted by molar-refractivity contribution is 7.92. The van der Waals surface area contributed by atoms with Crippen LogP contribution >= 0.6 is 0 Å². The second kappa shape index (κ2) is 5.01. The number of hydrogen-bond acceptors (Lipinski definition) is 7. The van der Waals surface area contributed by atoms with Gasteiger partial charge in [0.1, 0.15) is 0 Å². The number of aromatic nitrogens is 2. The van der Waals surface area contributed by atoms with Crippen LogP contribution in [0.25, 0.3) is 0 Å². The van der Waals surface area contributed by atoms with Gasteiger partial charge in [0, 0.05) is 19.5 Å². The standard InChI is InChI=1S/C9H16N4O3S/c10-4-3-8-12-13-9(16-8)11-6-7-2-1-5-17(7,14)15/h7H,1-6,10H2,(H,11,13). The fraction of sp³-hybridized carbons (Fsp3) is 0.778. The summed E-state index contributed by atoms with van der Waals surface area (Å²) in [5.41, 5.74) is 5.35. The van der Waals surface area contributed by atoms with Crippen molar-refractivity contribution in [3.05, 3.63) is 5.89 Å². The van der Waals surface area contributed by atoms with Crippen molar-refractivity contribution in [3.63, 3.8) is 0 Å². The first-order valence-corrected chi connectivity index (χ1v) is 7.31. The van der Waals surface area contributed by atoms with Crippen molar-refractivity contribution >= 4 is 15.9 Å². The van der Waals surface area contributed by atoms with Crippen LogP contribution in [0.2, 0.25) is 0 Å². The lowest BCUT2D eigenvalue weighted by Gasteiger charge is -2.08. The number of nitrogens with one attached hydrogen (secondary N) is 1. The van der Waals surface area contributed by atoms with E-state index < -0.39 is 9.84 Å². The molecule has 0 aliphatic carbocycles. The van der Waals surface area contributed by atoms with Crippen LogP contribution < -0.4 is 11.1 Å². The second-order valence-corrected chi connectivity index (χ2v) is 6.45. The Bertz CT molecular complexity index is 470. The van der Waals surface area contributed by atoms with Gasteiger partial charge in [0.2, 0.25) is 5.89 Å². The Kier molecular flexibility index (Phi) is 3.63. The number of hydrogen-bond donors (Lipinski definition) is 2. The zero-order valence-electron chi connectivity index (χ0n) is 9.42. The Hall–Kier alpha value is -1.15. The minimum absolute atomic E-state index is 0.260. The number of rotatable bonds is 5. The lowest BCUT2D eigenvalue weighted by atomic mass is 10.2. The van der Waals surface area contributed by atoms with Crippen LogP contribution in [0.3, 0.4) is 0 Å². The Morgan fingerprint density at radius 3 is 2.94 bits per heavy atom. The molecule has 3 N–H and O–H groups in total. The lowest BCUT2D eigenvalue weighted by molar-refractivity contribution is 0.505. The Morgan fingerprint density at radius 2 is 2.29 bits per heavy atom. The first-order chi connectivity index (χ1) is 8.12. The normalized spacial score (nSPS) is 22.8. The van der Waals surface area contributed by atoms with Crippen molar-refractivity contribution in [3.8, 4) is 0 Å². The summed E-state index contributed by atoms with van der Waals surface area (Å²) in [5, 5.41) is 10.1. The average molecular weight is 260 g/mol. The van der Waals surface area contributed by atoms with E-state index >= 15 is 0 Å². The average Bonchev–Trinajstić information content (AvgIpc) is 2.83. The highest BCUT2D eigenvalue weighted by Gasteiger charge is 2.31. The van der Waals surface area contributed by atoms with Crippen LogP contribution in [0.15, 0.2) is 4.42 Å². The van der Waals surface area contributed by atoms with Crippen molar-refractivity contribution < 1.29 is 12.8 Å². The van der Waals surface area contributed by atoms with Crippen molar-refractivity contribution in [2.75, 3.05) is 24.2 Å². The van der Waals surface area contributed by atoms with E-state index in [0.717, 1.165) is 6.42 Å². The topological polar surface area (TPSA) is 111 Å². The summed E-state index contributed by atoms with van der Waals surface area (Å²) in [4.78, 5) is 0. The molecule has 7 nitrogen and oxygen atoms in total. The summed E-state index contributed by atoms with van der Waals surface area (Å²) < 4.78 is 28.4. The van der Waals surface area contributed by atoms with Crippen molar-refractivity contribution in [1.29, 1.82) is 0 Å². The quantitative estimate of drug-likeness (QED) is 0.738. The highest BCUT2D eigenvalue weighted by Crippen LogP contribution is 2.20. The van der Waals surface area contributed by atoms with E-state index in [9.17, 15) is 8.42 Å². The molecule has 0 amide bonds. The first kappa shape index (κ1) is 12.3. The molecule has 8 heteroatoms. The van der Waals surface area contributed by atoms with Crippen LogP contribution in [0.5, 0.6) is 0 Å². The molecule has 1 unspecified atom stereocenters. The van der Waals surface area contributed by atoms with Crippen molar-refractivity contribution in [2.45, 2.75) is 24.5 Å². The SMILES string of the molecule is NCCc1nnc(NCC2CCCS2(=O)=O)o1. The third-order valence-electron chi connectivity index (χ3n) is 2.77. The molecule has 17 heavy (non-hydrogen) atoms. The third-order valence-corrected chi connectivity index (χ3v) is 5.04. The minimum atomic E-state index is -2.93. The van der Waals surface area contributed by atoms with Gasteiger partial charge in [-0.25, -0.2) is 8.42 Å². The summed E-state index contributed by atoms with van der Waals surface area (Å²) in [7, 11) is -2.93. The number of nitrogens with zero attached hydrogens (tertiary/aromatic N) is 2. The lowest BCUT2D eigenvalue weighted by Crippen LogP contribution is -2.25. The summed E-state index contributed by atoms with van der Waals surface area (Å²) >= 11 is 0. The highest BCUT2D eigenvalue weighted by atomic mass is 32.2. The van der Waals surface area contributed by atoms with Crippen molar-refractivity contribution in [2.24, 2.45) is 5.73 Å². The van der Waals surface area contributed by atoms with Gasteiger partial charge in [0.25, 0.3) is 0 Å². The van der Waals surface area contributed by atoms with Gasteiger partial charge in [-0.1, -0.05) is 5.10 Å². The van der Waals surface area contributed by atoms with Gasteiger partial charge in [0.15, 0.2) is 9.84 Å². The molecule has 96 valence electrons. The first-order valence-electron chi connectivity index (χ1n) is 5.60. The summed E-state index contributed by atoms with van der Waals surface area (Å²) in [6.45, 7) is 0.769. The molecule has 0 saturated carbocycles. The van der Waals surface area contributed by atoms with E-state index in [4.69, 9.17) is 10.2 Å². The Balaban J connectivity index is 1.89. The molecule has 1 aliphatic rings. The van der Waals surface area contributed by atoms with Gasteiger partial charge >= 0.3 is 6.01 Å². The Labute approximate surface area is 99.7 Å². The number of sulfone groups is 1. The number of nitrogens with two attached hydrogens (primary N) is 1.